The standard InChI is InChI=1S/C17H20ClNO2/c1-12-4-3-5-13(2)17(12)19-10-15(20)11-21-16-8-6-14(18)7-9-16/h3-9,15,19-20H,10-11H2,1-2H3. The van der Waals surface area contributed by atoms with E-state index in [0.717, 1.165) is 5.69 Å². The third-order valence-corrected chi connectivity index (χ3v) is 3.50. The number of hydrogen-bond donors (Lipinski definition) is 2. The number of benzene rings is 2. The number of aliphatic hydroxyl groups excluding tert-OH is 1. The Morgan fingerprint density at radius 2 is 1.71 bits per heavy atom. The van der Waals surface area contributed by atoms with E-state index < -0.39 is 6.10 Å². The molecule has 2 N–H and O–H groups in total. The summed E-state index contributed by atoms with van der Waals surface area (Å²) in [5, 5.41) is 13.9. The number of rotatable bonds is 6. The van der Waals surface area contributed by atoms with Gasteiger partial charge in [-0.15, -0.1) is 0 Å². The molecule has 0 radical (unpaired) electrons. The Labute approximate surface area is 130 Å². The average Bonchev–Trinajstić information content (AvgIpc) is 2.46. The molecule has 21 heavy (non-hydrogen) atoms. The predicted molar refractivity (Wildman–Crippen MR) is 87.4 cm³/mol. The number of ether oxygens (including phenoxy) is 1. The Bertz CT molecular complexity index is 564. The van der Waals surface area contributed by atoms with Crippen LogP contribution in [-0.4, -0.2) is 24.4 Å². The van der Waals surface area contributed by atoms with E-state index in [1.165, 1.54) is 11.1 Å². The van der Waals surface area contributed by atoms with Crippen molar-refractivity contribution in [2.45, 2.75) is 20.0 Å². The molecule has 0 heterocycles. The molecule has 112 valence electrons. The van der Waals surface area contributed by atoms with Crippen molar-refractivity contribution in [2.24, 2.45) is 0 Å². The van der Waals surface area contributed by atoms with Gasteiger partial charge < -0.3 is 15.2 Å². The van der Waals surface area contributed by atoms with Crippen LogP contribution in [-0.2, 0) is 0 Å². The zero-order chi connectivity index (χ0) is 15.2. The quantitative estimate of drug-likeness (QED) is 0.853. The largest absolute Gasteiger partial charge is 0.491 e. The van der Waals surface area contributed by atoms with Gasteiger partial charge in [-0.3, -0.25) is 0 Å². The fourth-order valence-corrected chi connectivity index (χ4v) is 2.22. The fraction of sp³-hybridized carbons (Fsp3) is 0.294. The predicted octanol–water partition coefficient (Wildman–Crippen LogP) is 3.81. The van der Waals surface area contributed by atoms with Gasteiger partial charge in [0, 0.05) is 17.3 Å². The van der Waals surface area contributed by atoms with Gasteiger partial charge in [0.25, 0.3) is 0 Å². The molecule has 4 heteroatoms. The molecule has 2 rings (SSSR count). The Balaban J connectivity index is 1.82. The maximum atomic E-state index is 9.99. The third kappa shape index (κ3) is 4.66. The van der Waals surface area contributed by atoms with Crippen LogP contribution in [0.2, 0.25) is 5.02 Å². The first-order valence-corrected chi connectivity index (χ1v) is 7.30. The Morgan fingerprint density at radius 1 is 1.10 bits per heavy atom. The lowest BCUT2D eigenvalue weighted by molar-refractivity contribution is 0.117. The van der Waals surface area contributed by atoms with Crippen molar-refractivity contribution in [3.05, 3.63) is 58.6 Å². The number of halogens is 1. The summed E-state index contributed by atoms with van der Waals surface area (Å²) in [6.07, 6.45) is -0.584. The zero-order valence-corrected chi connectivity index (χ0v) is 13.0. The van der Waals surface area contributed by atoms with Crippen LogP contribution in [0.15, 0.2) is 42.5 Å². The van der Waals surface area contributed by atoms with Gasteiger partial charge in [-0.25, -0.2) is 0 Å². The summed E-state index contributed by atoms with van der Waals surface area (Å²) in [7, 11) is 0. The molecule has 0 saturated carbocycles. The normalized spacial score (nSPS) is 12.0. The number of para-hydroxylation sites is 1. The summed E-state index contributed by atoms with van der Waals surface area (Å²) in [4.78, 5) is 0. The van der Waals surface area contributed by atoms with E-state index in [1.54, 1.807) is 24.3 Å². The van der Waals surface area contributed by atoms with E-state index in [0.29, 0.717) is 17.3 Å². The highest BCUT2D eigenvalue weighted by atomic mass is 35.5. The van der Waals surface area contributed by atoms with Crippen LogP contribution in [0.3, 0.4) is 0 Å². The summed E-state index contributed by atoms with van der Waals surface area (Å²) in [5.74, 6) is 0.700. The molecule has 3 nitrogen and oxygen atoms in total. The van der Waals surface area contributed by atoms with Gasteiger partial charge in [0.05, 0.1) is 0 Å². The van der Waals surface area contributed by atoms with Crippen molar-refractivity contribution in [3.8, 4) is 5.75 Å². The van der Waals surface area contributed by atoms with Crippen molar-refractivity contribution >= 4 is 17.3 Å². The Morgan fingerprint density at radius 3 is 2.33 bits per heavy atom. The minimum absolute atomic E-state index is 0.236. The lowest BCUT2D eigenvalue weighted by Gasteiger charge is -2.16. The molecule has 0 saturated heterocycles. The minimum Gasteiger partial charge on any atom is -0.491 e. The molecule has 0 aliphatic carbocycles. The summed E-state index contributed by atoms with van der Waals surface area (Å²) >= 11 is 5.81. The summed E-state index contributed by atoms with van der Waals surface area (Å²) < 4.78 is 5.52. The van der Waals surface area contributed by atoms with Crippen LogP contribution in [0.1, 0.15) is 11.1 Å². The van der Waals surface area contributed by atoms with Crippen molar-refractivity contribution < 1.29 is 9.84 Å². The van der Waals surface area contributed by atoms with Gasteiger partial charge in [-0.2, -0.15) is 0 Å². The van der Waals surface area contributed by atoms with E-state index in [1.807, 2.05) is 32.0 Å². The highest BCUT2D eigenvalue weighted by molar-refractivity contribution is 6.30. The molecule has 1 atom stereocenters. The molecule has 0 amide bonds. The minimum atomic E-state index is -0.584. The van der Waals surface area contributed by atoms with Crippen LogP contribution < -0.4 is 10.1 Å². The lowest BCUT2D eigenvalue weighted by Crippen LogP contribution is -2.26. The number of nitrogens with one attached hydrogen (secondary N) is 1. The van der Waals surface area contributed by atoms with Crippen molar-refractivity contribution in [1.29, 1.82) is 0 Å². The number of aryl methyl sites for hydroxylation is 2. The Hall–Kier alpha value is -1.71. The van der Waals surface area contributed by atoms with Crippen LogP contribution >= 0.6 is 11.6 Å². The second-order valence-corrected chi connectivity index (χ2v) is 5.50. The van der Waals surface area contributed by atoms with E-state index in [9.17, 15) is 5.11 Å². The van der Waals surface area contributed by atoms with Gasteiger partial charge >= 0.3 is 0 Å². The van der Waals surface area contributed by atoms with E-state index in [-0.39, 0.29) is 6.61 Å². The highest BCUT2D eigenvalue weighted by Gasteiger charge is 2.07. The fourth-order valence-electron chi connectivity index (χ4n) is 2.10. The van der Waals surface area contributed by atoms with Crippen molar-refractivity contribution in [1.82, 2.24) is 0 Å². The number of hydrogen-bond acceptors (Lipinski definition) is 3. The molecule has 0 bridgehead atoms. The van der Waals surface area contributed by atoms with Crippen LogP contribution in [0.25, 0.3) is 0 Å². The molecular weight excluding hydrogens is 286 g/mol. The SMILES string of the molecule is Cc1cccc(C)c1NCC(O)COc1ccc(Cl)cc1. The monoisotopic (exact) mass is 305 g/mol. The van der Waals surface area contributed by atoms with Crippen molar-refractivity contribution in [3.63, 3.8) is 0 Å². The summed E-state index contributed by atoms with van der Waals surface area (Å²) in [5.41, 5.74) is 3.41. The van der Waals surface area contributed by atoms with Crippen LogP contribution in [0.4, 0.5) is 5.69 Å². The highest BCUT2D eigenvalue weighted by Crippen LogP contribution is 2.19. The van der Waals surface area contributed by atoms with Gasteiger partial charge in [0.15, 0.2) is 0 Å². The van der Waals surface area contributed by atoms with E-state index in [2.05, 4.69) is 5.32 Å². The number of aliphatic hydroxyl groups is 1. The second kappa shape index (κ2) is 7.34. The average molecular weight is 306 g/mol. The lowest BCUT2D eigenvalue weighted by atomic mass is 10.1. The van der Waals surface area contributed by atoms with Gasteiger partial charge in [0.2, 0.25) is 0 Å². The number of anilines is 1. The van der Waals surface area contributed by atoms with Gasteiger partial charge in [-0.05, 0) is 49.2 Å². The smallest absolute Gasteiger partial charge is 0.119 e. The topological polar surface area (TPSA) is 41.5 Å². The van der Waals surface area contributed by atoms with Crippen LogP contribution in [0, 0.1) is 13.8 Å². The molecule has 0 aliphatic heterocycles. The van der Waals surface area contributed by atoms with Gasteiger partial charge in [0.1, 0.15) is 18.5 Å². The molecule has 0 aromatic heterocycles. The van der Waals surface area contributed by atoms with Gasteiger partial charge in [-0.1, -0.05) is 29.8 Å². The first kappa shape index (κ1) is 15.7. The molecule has 0 aliphatic rings. The molecule has 2 aromatic carbocycles. The summed E-state index contributed by atoms with van der Waals surface area (Å²) in [6.45, 7) is 4.77. The maximum Gasteiger partial charge on any atom is 0.119 e. The first-order valence-electron chi connectivity index (χ1n) is 6.93. The molecule has 1 unspecified atom stereocenters. The maximum absolute atomic E-state index is 9.99. The molecular formula is C17H20ClNO2. The summed E-state index contributed by atoms with van der Waals surface area (Å²) in [6, 6.07) is 13.2. The Kier molecular flexibility index (Phi) is 5.48. The third-order valence-electron chi connectivity index (χ3n) is 3.25. The van der Waals surface area contributed by atoms with E-state index in [4.69, 9.17) is 16.3 Å². The van der Waals surface area contributed by atoms with Crippen molar-refractivity contribution in [2.75, 3.05) is 18.5 Å². The second-order valence-electron chi connectivity index (χ2n) is 5.07. The molecule has 0 fully saturated rings. The zero-order valence-electron chi connectivity index (χ0n) is 12.3. The van der Waals surface area contributed by atoms with Crippen LogP contribution in [0.5, 0.6) is 5.75 Å². The van der Waals surface area contributed by atoms with E-state index >= 15 is 0 Å². The first-order chi connectivity index (χ1) is 10.1. The molecule has 2 aromatic rings. The molecule has 0 spiro atoms.